The van der Waals surface area contributed by atoms with Gasteiger partial charge in [-0.05, 0) is 66.4 Å². The van der Waals surface area contributed by atoms with Crippen molar-refractivity contribution in [3.8, 4) is 11.9 Å². The summed E-state index contributed by atoms with van der Waals surface area (Å²) in [6, 6.07) is 0. The first-order chi connectivity index (χ1) is 31.2. The van der Waals surface area contributed by atoms with E-state index >= 15 is 0 Å². The smallest absolute Gasteiger partial charge is 0.0599 e. The fourth-order valence-electron chi connectivity index (χ4n) is 6.12. The van der Waals surface area contributed by atoms with E-state index in [1.807, 2.05) is 65.7 Å². The summed E-state index contributed by atoms with van der Waals surface area (Å²) in [5.41, 5.74) is 21.5. The minimum atomic E-state index is 0. The minimum Gasteiger partial charge on any atom is -0.502 e. The van der Waals surface area contributed by atoms with Gasteiger partial charge in [0.1, 0.15) is 0 Å². The molecule has 0 aliphatic carbocycles. The number of nitrogens with zero attached hydrogens (tertiary/aromatic N) is 21. The van der Waals surface area contributed by atoms with Crippen molar-refractivity contribution in [2.24, 2.45) is 0 Å². The van der Waals surface area contributed by atoms with Crippen LogP contribution in [0.3, 0.4) is 0 Å². The molecule has 0 bridgehead atoms. The normalized spacial score (nSPS) is 7.09. The Kier molecular flexibility index (Phi) is 218. The molecule has 0 unspecified atom stereocenters. The summed E-state index contributed by atoms with van der Waals surface area (Å²) < 4.78 is 2.89. The first-order valence-corrected chi connectivity index (χ1v) is 19.9. The van der Waals surface area contributed by atoms with Gasteiger partial charge in [0.05, 0.1) is 11.9 Å². The topological polar surface area (TPSA) is 323 Å². The number of hydrogen-bond acceptors (Lipinski definition) is 18. The van der Waals surface area contributed by atoms with Crippen LogP contribution in [0.2, 0.25) is 0 Å². The molecule has 10 heterocycles. The maximum atomic E-state index is 5.65. The first-order valence-electron chi connectivity index (χ1n) is 19.9. The van der Waals surface area contributed by atoms with Gasteiger partial charge in [-0.25, -0.2) is 0 Å². The van der Waals surface area contributed by atoms with Gasteiger partial charge in [0.15, 0.2) is 0 Å². The Hall–Kier alpha value is 15.6. The van der Waals surface area contributed by atoms with Crippen LogP contribution in [-0.2, 0) is 759 Å². The molecular weight excluding hydrogens is 2850 g/mol. The van der Waals surface area contributed by atoms with E-state index in [2.05, 4.69) is 160 Å². The van der Waals surface area contributed by atoms with Crippen molar-refractivity contribution in [3.05, 3.63) is 83.5 Å². The Morgan fingerprint density at radius 1 is 0.378 bits per heavy atom. The van der Waals surface area contributed by atoms with E-state index in [-0.39, 0.29) is 746 Å². The van der Waals surface area contributed by atoms with Crippen molar-refractivity contribution in [2.45, 2.75) is 67.7 Å². The summed E-state index contributed by atoms with van der Waals surface area (Å²) in [5, 5.41) is 19.8. The molecule has 10 aromatic rings. The second-order valence-corrected chi connectivity index (χ2v) is 14.1. The SMILES string of the molecule is CCc1c(C)n[c-]c2nc(-n3n[c-]nc3N(C)C)[n-]c12.CCc1c(C)n[c-]c2nc(-n3n[c-]nc3N)[n-]c12.CCc1c(C)n[c-]c2nc(C)[n-]c12.CN(C)c1n[c-]n[nH]1.Nc1n[c-]n[nH]1.[V].[V].[V].[V].[V].[V].[V].[V].[V].[V].[V].[V].[V].[V].[V].[V].[V].[V].[V].[V].[V].[V].[V].[V].[Y].[Y].[Y].[Y].[Y].[Y].[Y].[Y].[Y]. The average molecular weight is 2900 g/mol. The maximum absolute atomic E-state index is 5.65. The molecule has 10 rings (SSSR count). The predicted molar refractivity (Wildman–Crippen MR) is 238 cm³/mol. The number of pyridine rings is 3. The summed E-state index contributed by atoms with van der Waals surface area (Å²) in [7, 11) is 7.53. The van der Waals surface area contributed by atoms with Crippen molar-refractivity contribution < 1.29 is 740 Å². The van der Waals surface area contributed by atoms with Crippen LogP contribution in [0, 0.1) is 71.6 Å². The maximum Gasteiger partial charge on any atom is 0.0599 e. The molecule has 0 aliphatic heterocycles. The molecule has 6 N–H and O–H groups in total. The second-order valence-electron chi connectivity index (χ2n) is 14.1. The number of aromatic amines is 2. The van der Waals surface area contributed by atoms with Crippen LogP contribution in [0.15, 0.2) is 0 Å². The van der Waals surface area contributed by atoms with Gasteiger partial charge in [-0.3, -0.25) is 10.2 Å². The Morgan fingerprint density at radius 3 is 0.959 bits per heavy atom. The molecule has 0 atom stereocenters. The summed E-state index contributed by atoms with van der Waals surface area (Å²) >= 11 is 0. The van der Waals surface area contributed by atoms with Gasteiger partial charge in [-0.1, -0.05) is 113 Å². The number of nitrogens with one attached hydrogen (secondary N) is 2. The van der Waals surface area contributed by atoms with Crippen molar-refractivity contribution in [2.75, 3.05) is 49.5 Å². The van der Waals surface area contributed by atoms with E-state index in [1.54, 1.807) is 4.68 Å². The van der Waals surface area contributed by atoms with Crippen LogP contribution >= 0.6 is 0 Å². The van der Waals surface area contributed by atoms with Crippen molar-refractivity contribution in [3.63, 3.8) is 0 Å². The molecule has 25 nitrogen and oxygen atoms in total. The average Bonchev–Trinajstić information content (AvgIpc) is 4.19. The summed E-state index contributed by atoms with van der Waals surface area (Å²) in [6.07, 6.45) is 21.0. The van der Waals surface area contributed by atoms with Gasteiger partial charge < -0.3 is 116 Å². The zero-order valence-electron chi connectivity index (χ0n) is 53.6. The zero-order valence-corrected chi connectivity index (χ0v) is 113. The number of imidazole rings is 3. The Morgan fingerprint density at radius 2 is 0.694 bits per heavy atom. The number of fused-ring (bicyclic) bond motifs is 3. The number of hydrogen-bond donors (Lipinski definition) is 4. The third-order valence-electron chi connectivity index (χ3n) is 9.25. The molecule has 33 radical (unpaired) electrons. The zero-order chi connectivity index (χ0) is 46.8. The number of H-pyrrole nitrogens is 2. The second kappa shape index (κ2) is 109. The van der Waals surface area contributed by atoms with Gasteiger partial charge >= 0.3 is 0 Å². The predicted octanol–water partition coefficient (Wildman–Crippen LogP) is 1.27. The molecule has 0 aliphatic rings. The van der Waals surface area contributed by atoms with Gasteiger partial charge in [0, 0.05) is 758 Å². The molecule has 0 saturated carbocycles. The van der Waals surface area contributed by atoms with Gasteiger partial charge in [0.25, 0.3) is 0 Å². The number of nitrogen functional groups attached to an aromatic ring is 2. The van der Waals surface area contributed by atoms with Crippen molar-refractivity contribution in [1.82, 2.24) is 105 Å². The molecule has 487 valence electrons. The van der Waals surface area contributed by atoms with E-state index in [9.17, 15) is 0 Å². The Balaban J connectivity index is -0.0000000229. The molecule has 98 heavy (non-hydrogen) atoms. The summed E-state index contributed by atoms with van der Waals surface area (Å²) in [5.74, 6) is 3.50. The molecule has 58 heteroatoms. The molecule has 0 fully saturated rings. The van der Waals surface area contributed by atoms with E-state index in [0.717, 1.165) is 81.3 Å². The number of rotatable bonds is 7. The first kappa shape index (κ1) is 197. The van der Waals surface area contributed by atoms with E-state index in [4.69, 9.17) is 11.5 Å². The van der Waals surface area contributed by atoms with E-state index in [1.165, 1.54) is 10.2 Å². The molecular formula is C40H45N25V24Y9-10. The number of anilines is 4. The van der Waals surface area contributed by atoms with Crippen LogP contribution in [0.25, 0.3) is 45.0 Å². The van der Waals surface area contributed by atoms with E-state index in [0.29, 0.717) is 34.8 Å². The quantitative estimate of drug-likeness (QED) is 0.163. The third kappa shape index (κ3) is 63.5. The summed E-state index contributed by atoms with van der Waals surface area (Å²) in [4.78, 5) is 57.5. The molecule has 10 aromatic heterocycles. The van der Waals surface area contributed by atoms with Gasteiger partial charge in [-0.2, -0.15) is 0 Å². The summed E-state index contributed by atoms with van der Waals surface area (Å²) in [6.45, 7) is 14.0. The van der Waals surface area contributed by atoms with Crippen molar-refractivity contribution in [1.29, 1.82) is 0 Å². The number of nitrogens with two attached hydrogens (primary N) is 2. The molecule has 0 aromatic carbocycles. The Labute approximate surface area is 1090 Å². The number of aromatic nitrogens is 21. The van der Waals surface area contributed by atoms with Crippen molar-refractivity contribution >= 4 is 56.9 Å². The van der Waals surface area contributed by atoms with Gasteiger partial charge in [0.2, 0.25) is 0 Å². The fraction of sp³-hybridized carbons (Fsp3) is 0.350. The van der Waals surface area contributed by atoms with Crippen LogP contribution in [-0.4, -0.2) is 118 Å². The van der Waals surface area contributed by atoms with Crippen LogP contribution in [0.5, 0.6) is 0 Å². The largest absolute Gasteiger partial charge is 0.502 e. The molecule has 0 spiro atoms. The van der Waals surface area contributed by atoms with Crippen LogP contribution in [0.4, 0.5) is 23.8 Å². The third-order valence-corrected chi connectivity index (χ3v) is 9.25. The van der Waals surface area contributed by atoms with E-state index < -0.39 is 0 Å². The minimum absolute atomic E-state index is 0. The molecule has 0 saturated heterocycles. The monoisotopic (exact) mass is 2900 g/mol. The standard InChI is InChI=1S/C13H14N7.C11H10N7.C10H11N3.C4H7N4.C2H3N4.24V.9Y/c1-5-9-8(2)14-6-10-11(9)18-12(17-10)20-13(19(3)4)15-7-16-20;1-3-7-6(2)13-4-8-9(7)17-11(16-8)18-10(12)14-5-15-18;1-4-8-6(2)11-5-9-10(8)13-7(3)12-9;1-8(2)4-5-3-6-7-4;3-2-4-1-5-6-2;;;;;;;;;;;;;;;;;;;;;;;;;;;;;;;;;/h5H2,1-4H3;3H2,1-2H3,(H2-,12,14,15,16,17);4H2,1-3H3;1-2H3,(H,5,6,7);(H3,3,4,5,6);;;;;;;;;;;;;;;;;;;;;;;;;;;;;;;;;/q2*-3;-2;2*-1;;;;;;;;;;;;;;;;;;;;;;;;;;;;;;;;;. The Bertz CT molecular complexity index is 3150. The van der Waals surface area contributed by atoms with Crippen LogP contribution in [0.1, 0.15) is 60.4 Å². The van der Waals surface area contributed by atoms with Crippen LogP contribution < -0.4 is 36.2 Å². The number of aryl methyl sites for hydroxylation is 7. The molecule has 0 amide bonds. The fourth-order valence-corrected chi connectivity index (χ4v) is 6.12. The van der Waals surface area contributed by atoms with Gasteiger partial charge in [-0.15, -0.1) is 38.8 Å².